The van der Waals surface area contributed by atoms with Crippen LogP contribution < -0.4 is 9.64 Å². The molecule has 1 saturated heterocycles. The highest BCUT2D eigenvalue weighted by atomic mass is 16.5. The first-order valence-electron chi connectivity index (χ1n) is 12.7. The van der Waals surface area contributed by atoms with E-state index in [-0.39, 0.29) is 11.8 Å². The minimum absolute atomic E-state index is 0.0977. The first kappa shape index (κ1) is 22.5. The topological polar surface area (TPSA) is 46.6 Å². The van der Waals surface area contributed by atoms with Crippen molar-refractivity contribution in [1.82, 2.24) is 0 Å². The van der Waals surface area contributed by atoms with Crippen molar-refractivity contribution >= 4 is 23.1 Å². The molecule has 180 valence electrons. The van der Waals surface area contributed by atoms with Gasteiger partial charge in [0.25, 0.3) is 0 Å². The second-order valence-electron chi connectivity index (χ2n) is 9.95. The van der Waals surface area contributed by atoms with Crippen molar-refractivity contribution in [2.45, 2.75) is 32.6 Å². The fourth-order valence-corrected chi connectivity index (χ4v) is 6.59. The van der Waals surface area contributed by atoms with E-state index in [0.717, 1.165) is 16.7 Å². The summed E-state index contributed by atoms with van der Waals surface area (Å²) in [6.07, 6.45) is 6.49. The molecule has 2 fully saturated rings. The predicted octanol–water partition coefficient (Wildman–Crippen LogP) is 6.58. The number of allylic oxidation sites excluding steroid dienone is 3. The van der Waals surface area contributed by atoms with Crippen LogP contribution in [0.15, 0.2) is 103 Å². The van der Waals surface area contributed by atoms with Crippen molar-refractivity contribution in [3.63, 3.8) is 0 Å². The molecule has 0 spiro atoms. The molecule has 3 aromatic rings. The van der Waals surface area contributed by atoms with Crippen molar-refractivity contribution < 1.29 is 14.3 Å². The van der Waals surface area contributed by atoms with E-state index in [2.05, 4.69) is 36.4 Å². The maximum absolute atomic E-state index is 14.3. The van der Waals surface area contributed by atoms with Crippen LogP contribution in [0.3, 0.4) is 0 Å². The number of rotatable bonds is 5. The molecule has 0 radical (unpaired) electrons. The van der Waals surface area contributed by atoms with Crippen LogP contribution in [0.5, 0.6) is 5.75 Å². The molecule has 3 aliphatic rings. The van der Waals surface area contributed by atoms with Crippen molar-refractivity contribution in [2.75, 3.05) is 11.5 Å². The van der Waals surface area contributed by atoms with E-state index in [9.17, 15) is 9.59 Å². The average molecular weight is 476 g/mol. The van der Waals surface area contributed by atoms with Gasteiger partial charge in [-0.3, -0.25) is 9.59 Å². The average Bonchev–Trinajstić information content (AvgIpc) is 3.36. The molecule has 0 aromatic heterocycles. The summed E-state index contributed by atoms with van der Waals surface area (Å²) >= 11 is 0. The Labute approximate surface area is 211 Å². The highest BCUT2D eigenvalue weighted by Crippen LogP contribution is 2.67. The van der Waals surface area contributed by atoms with E-state index in [1.54, 1.807) is 0 Å². The third kappa shape index (κ3) is 3.13. The summed E-state index contributed by atoms with van der Waals surface area (Å²) < 4.78 is 5.82. The third-order valence-corrected chi connectivity index (χ3v) is 8.16. The van der Waals surface area contributed by atoms with Gasteiger partial charge in [-0.25, -0.2) is 4.90 Å². The molecule has 0 unspecified atom stereocenters. The number of nitrogens with zero attached hydrogens (tertiary/aromatic N) is 1. The molecule has 2 aliphatic carbocycles. The summed E-state index contributed by atoms with van der Waals surface area (Å²) in [5.41, 5.74) is 3.58. The minimum atomic E-state index is -0.775. The number of amides is 2. The zero-order chi connectivity index (χ0) is 24.8. The Kier molecular flexibility index (Phi) is 5.40. The lowest BCUT2D eigenvalue weighted by atomic mass is 9.61. The van der Waals surface area contributed by atoms with Gasteiger partial charge in [0.05, 0.1) is 23.1 Å². The van der Waals surface area contributed by atoms with Gasteiger partial charge in [0.15, 0.2) is 0 Å². The minimum Gasteiger partial charge on any atom is -0.492 e. The number of carbonyl (C=O) groups excluding carboxylic acids is 2. The molecule has 0 bridgehead atoms. The first-order valence-corrected chi connectivity index (χ1v) is 12.7. The fraction of sp³-hybridized carbons (Fsp3) is 0.250. The summed E-state index contributed by atoms with van der Waals surface area (Å²) in [7, 11) is 0. The van der Waals surface area contributed by atoms with Gasteiger partial charge in [-0.15, -0.1) is 0 Å². The van der Waals surface area contributed by atoms with E-state index in [0.29, 0.717) is 43.7 Å². The Morgan fingerprint density at radius 2 is 1.25 bits per heavy atom. The van der Waals surface area contributed by atoms with Gasteiger partial charge >= 0.3 is 0 Å². The Morgan fingerprint density at radius 1 is 0.750 bits per heavy atom. The van der Waals surface area contributed by atoms with Crippen LogP contribution >= 0.6 is 0 Å². The van der Waals surface area contributed by atoms with E-state index in [1.807, 2.05) is 67.6 Å². The smallest absolute Gasteiger partial charge is 0.241 e. The number of carbonyl (C=O) groups is 2. The summed E-state index contributed by atoms with van der Waals surface area (Å²) in [6, 6.07) is 28.1. The van der Waals surface area contributed by atoms with Crippen LogP contribution in [0.25, 0.3) is 5.57 Å². The highest BCUT2D eigenvalue weighted by molar-refractivity contribution is 6.27. The largest absolute Gasteiger partial charge is 0.492 e. The second kappa shape index (κ2) is 8.63. The predicted molar refractivity (Wildman–Crippen MR) is 141 cm³/mol. The van der Waals surface area contributed by atoms with Crippen LogP contribution in [0.2, 0.25) is 0 Å². The molecule has 2 atom stereocenters. The fourth-order valence-electron chi connectivity index (χ4n) is 6.59. The molecule has 4 nitrogen and oxygen atoms in total. The number of imide groups is 1. The Bertz CT molecular complexity index is 1310. The maximum Gasteiger partial charge on any atom is 0.241 e. The van der Waals surface area contributed by atoms with Gasteiger partial charge < -0.3 is 4.74 Å². The Hall–Kier alpha value is -3.92. The van der Waals surface area contributed by atoms with Gasteiger partial charge in [-0.1, -0.05) is 90.5 Å². The Balaban J connectivity index is 1.52. The molecular formula is C32H29NO3. The highest BCUT2D eigenvalue weighted by Gasteiger charge is 2.72. The molecule has 1 aliphatic heterocycles. The number of hydrogen-bond acceptors (Lipinski definition) is 3. The second-order valence-corrected chi connectivity index (χ2v) is 9.95. The van der Waals surface area contributed by atoms with Crippen molar-refractivity contribution in [1.29, 1.82) is 0 Å². The monoisotopic (exact) mass is 475 g/mol. The Morgan fingerprint density at radius 3 is 1.78 bits per heavy atom. The molecule has 4 heteroatoms. The van der Waals surface area contributed by atoms with Gasteiger partial charge in [0.1, 0.15) is 5.75 Å². The van der Waals surface area contributed by atoms with Gasteiger partial charge in [-0.2, -0.15) is 0 Å². The molecule has 2 amide bonds. The standard InChI is InChI=1S/C32H29NO3/c1-2-36-27-18-10-9-17-26(27)33-29(34)31-19-11-12-20-32(31,30(33)35)22-25(21-31)28(23-13-5-3-6-14-23)24-15-7-4-8-16-24/h3-18H,2,19-22H2,1H3/t31-,32+. The quantitative estimate of drug-likeness (QED) is 0.309. The number of hydrogen-bond donors (Lipinski definition) is 0. The van der Waals surface area contributed by atoms with Crippen molar-refractivity contribution in [3.8, 4) is 5.75 Å². The molecule has 1 saturated carbocycles. The van der Waals surface area contributed by atoms with Crippen LogP contribution in [0.4, 0.5) is 5.69 Å². The number of anilines is 1. The number of ether oxygens (including phenoxy) is 1. The number of benzene rings is 3. The third-order valence-electron chi connectivity index (χ3n) is 8.16. The zero-order valence-electron chi connectivity index (χ0n) is 20.4. The lowest BCUT2D eigenvalue weighted by molar-refractivity contribution is -0.132. The van der Waals surface area contributed by atoms with Gasteiger partial charge in [0, 0.05) is 0 Å². The van der Waals surface area contributed by atoms with Gasteiger partial charge in [-0.05, 0) is 61.4 Å². The lowest BCUT2D eigenvalue weighted by Crippen LogP contribution is -2.41. The van der Waals surface area contributed by atoms with Crippen molar-refractivity contribution in [2.24, 2.45) is 10.8 Å². The molecular weight excluding hydrogens is 446 g/mol. The normalized spacial score (nSPS) is 24.6. The van der Waals surface area contributed by atoms with E-state index in [1.165, 1.54) is 10.5 Å². The lowest BCUT2D eigenvalue weighted by Gasteiger charge is -2.36. The summed E-state index contributed by atoms with van der Waals surface area (Å²) in [6.45, 7) is 2.38. The van der Waals surface area contributed by atoms with Crippen LogP contribution in [-0.2, 0) is 9.59 Å². The summed E-state index contributed by atoms with van der Waals surface area (Å²) in [4.78, 5) is 30.1. The molecule has 0 N–H and O–H groups in total. The summed E-state index contributed by atoms with van der Waals surface area (Å²) in [5.74, 6) is 0.378. The van der Waals surface area contributed by atoms with Crippen LogP contribution in [0.1, 0.15) is 43.7 Å². The van der Waals surface area contributed by atoms with E-state index < -0.39 is 10.8 Å². The van der Waals surface area contributed by atoms with Crippen LogP contribution in [0, 0.1) is 10.8 Å². The first-order chi connectivity index (χ1) is 17.6. The zero-order valence-corrected chi connectivity index (χ0v) is 20.4. The molecule has 36 heavy (non-hydrogen) atoms. The van der Waals surface area contributed by atoms with Crippen LogP contribution in [-0.4, -0.2) is 18.4 Å². The molecule has 3 aromatic carbocycles. The SMILES string of the molecule is CCOc1ccccc1N1C(=O)[C@@]23CC=CC[C@@]2(CC(=C(c2ccccc2)c2ccccc2)C3)C1=O. The summed E-state index contributed by atoms with van der Waals surface area (Å²) in [5, 5.41) is 0. The van der Waals surface area contributed by atoms with Crippen molar-refractivity contribution in [3.05, 3.63) is 114 Å². The maximum atomic E-state index is 14.3. The molecule has 1 heterocycles. The number of para-hydroxylation sites is 2. The van der Waals surface area contributed by atoms with Gasteiger partial charge in [0.2, 0.25) is 11.8 Å². The van der Waals surface area contributed by atoms with E-state index >= 15 is 0 Å². The van der Waals surface area contributed by atoms with E-state index in [4.69, 9.17) is 4.74 Å². The molecule has 6 rings (SSSR count).